The Morgan fingerprint density at radius 2 is 1.50 bits per heavy atom. The van der Waals surface area contributed by atoms with Crippen LogP contribution in [0.3, 0.4) is 0 Å². The Morgan fingerprint density at radius 1 is 0.881 bits per heavy atom. The summed E-state index contributed by atoms with van der Waals surface area (Å²) in [5, 5.41) is 11.0. The molecule has 0 fully saturated rings. The van der Waals surface area contributed by atoms with E-state index in [-0.39, 0.29) is 28.2 Å². The number of aromatic nitrogens is 6. The molecule has 11 heteroatoms. The molecule has 0 saturated heterocycles. The third kappa shape index (κ3) is 4.34. The monoisotopic (exact) mass is 557 g/mol. The number of para-hydroxylation sites is 4. The van der Waals surface area contributed by atoms with E-state index in [0.717, 1.165) is 0 Å². The van der Waals surface area contributed by atoms with Crippen LogP contribution in [0.2, 0.25) is 0 Å². The van der Waals surface area contributed by atoms with Crippen LogP contribution in [0.4, 0.5) is 0 Å². The molecule has 0 spiro atoms. The first-order valence-corrected chi connectivity index (χ1v) is 12.9. The summed E-state index contributed by atoms with van der Waals surface area (Å²) in [6, 6.07) is 14.3. The average Bonchev–Trinajstić information content (AvgIpc) is 3.54. The molecule has 6 aromatic rings. The fourth-order valence-corrected chi connectivity index (χ4v) is 4.80. The minimum absolute atomic E-state index is 0.00787. The van der Waals surface area contributed by atoms with Crippen molar-refractivity contribution in [2.75, 3.05) is 0 Å². The molecule has 3 N–H and O–H groups in total. The molecule has 2 aromatic carbocycles. The molecule has 0 atom stereocenters. The fourth-order valence-electron chi connectivity index (χ4n) is 4.80. The van der Waals surface area contributed by atoms with E-state index in [1.165, 1.54) is 27.2 Å². The molecule has 0 bridgehead atoms. The average molecular weight is 558 g/mol. The normalized spacial score (nSPS) is 13.6. The van der Waals surface area contributed by atoms with Crippen molar-refractivity contribution in [3.8, 4) is 5.88 Å². The minimum atomic E-state index is -0.598. The predicted octanol–water partition coefficient (Wildman–Crippen LogP) is 3.03. The Kier molecular flexibility index (Phi) is 6.51. The third-order valence-corrected chi connectivity index (χ3v) is 6.81. The summed E-state index contributed by atoms with van der Waals surface area (Å²) in [5.41, 5.74) is 1.86. The van der Waals surface area contributed by atoms with Gasteiger partial charge in [0.15, 0.2) is 0 Å². The number of imidazole rings is 2. The second-order valence-electron chi connectivity index (χ2n) is 9.25. The van der Waals surface area contributed by atoms with E-state index < -0.39 is 16.7 Å². The van der Waals surface area contributed by atoms with Crippen LogP contribution in [0.25, 0.3) is 45.8 Å². The first-order valence-electron chi connectivity index (χ1n) is 12.9. The molecular weight excluding hydrogens is 534 g/mol. The van der Waals surface area contributed by atoms with Crippen LogP contribution >= 0.6 is 0 Å². The number of nitrogens with one attached hydrogen (secondary N) is 2. The molecule has 0 unspecified atom stereocenters. The quantitative estimate of drug-likeness (QED) is 0.212. The van der Waals surface area contributed by atoms with Gasteiger partial charge in [-0.1, -0.05) is 42.5 Å². The topological polar surface area (TPSA) is 150 Å². The molecule has 0 amide bonds. The smallest absolute Gasteiger partial charge is 0.270 e. The lowest BCUT2D eigenvalue weighted by Gasteiger charge is -2.05. The molecular formula is C31H23N7O4. The highest BCUT2D eigenvalue weighted by molar-refractivity contribution is 5.81. The molecule has 42 heavy (non-hydrogen) atoms. The van der Waals surface area contributed by atoms with Crippen LogP contribution in [0.1, 0.15) is 12.5 Å². The van der Waals surface area contributed by atoms with Crippen LogP contribution in [0.15, 0.2) is 110 Å². The first kappa shape index (κ1) is 26.1. The van der Waals surface area contributed by atoms with Gasteiger partial charge in [0, 0.05) is 6.20 Å². The number of fused-ring (bicyclic) bond motifs is 6. The largest absolute Gasteiger partial charge is 0.494 e. The maximum Gasteiger partial charge on any atom is 0.270 e. The van der Waals surface area contributed by atoms with Gasteiger partial charge in [0.2, 0.25) is 17.4 Å². The van der Waals surface area contributed by atoms with E-state index in [9.17, 15) is 19.5 Å². The number of aromatic hydroxyl groups is 1. The molecule has 0 saturated carbocycles. The van der Waals surface area contributed by atoms with E-state index in [1.54, 1.807) is 73.7 Å². The lowest BCUT2D eigenvalue weighted by Crippen LogP contribution is -2.44. The van der Waals surface area contributed by atoms with Gasteiger partial charge in [-0.15, -0.1) is 0 Å². The summed E-state index contributed by atoms with van der Waals surface area (Å²) < 4.78 is 2.81. The van der Waals surface area contributed by atoms with Crippen molar-refractivity contribution in [3.05, 3.63) is 132 Å². The van der Waals surface area contributed by atoms with Crippen molar-refractivity contribution in [2.24, 2.45) is 4.99 Å². The molecule has 6 rings (SSSR count). The molecule has 0 aliphatic rings. The van der Waals surface area contributed by atoms with Gasteiger partial charge in [0.25, 0.3) is 16.7 Å². The van der Waals surface area contributed by atoms with Gasteiger partial charge in [0.1, 0.15) is 10.8 Å². The van der Waals surface area contributed by atoms with Gasteiger partial charge in [-0.05, 0) is 67.3 Å². The number of allylic oxidation sites excluding steroid dienone is 6. The van der Waals surface area contributed by atoms with Crippen LogP contribution < -0.4 is 21.9 Å². The highest BCUT2D eigenvalue weighted by atomic mass is 16.3. The fraction of sp³-hybridized carbons (Fsp3) is 0.0323. The summed E-state index contributed by atoms with van der Waals surface area (Å²) in [7, 11) is 0. The van der Waals surface area contributed by atoms with Crippen molar-refractivity contribution in [1.82, 2.24) is 28.7 Å². The molecule has 4 aromatic heterocycles. The lowest BCUT2D eigenvalue weighted by molar-refractivity contribution is 0.444. The van der Waals surface area contributed by atoms with Crippen molar-refractivity contribution >= 4 is 52.5 Å². The molecule has 0 aliphatic heterocycles. The van der Waals surface area contributed by atoms with Crippen molar-refractivity contribution in [1.29, 1.82) is 0 Å². The maximum absolute atomic E-state index is 13.4. The van der Waals surface area contributed by atoms with Crippen molar-refractivity contribution in [3.63, 3.8) is 0 Å². The maximum atomic E-state index is 13.4. The number of hydrogen-bond acceptors (Lipinski definition) is 7. The summed E-state index contributed by atoms with van der Waals surface area (Å²) >= 11 is 0. The number of benzene rings is 2. The van der Waals surface area contributed by atoms with Crippen LogP contribution in [-0.4, -0.2) is 40.6 Å². The number of rotatable bonds is 6. The van der Waals surface area contributed by atoms with Gasteiger partial charge in [-0.2, -0.15) is 0 Å². The van der Waals surface area contributed by atoms with Gasteiger partial charge < -0.3 is 5.11 Å². The number of aliphatic imine (C=N–C) groups is 1. The van der Waals surface area contributed by atoms with E-state index in [0.29, 0.717) is 33.2 Å². The SMILES string of the molecule is C=N\C=C/C(=C\C)C(=C\C=c1/c(=O)[nH]c2nc3ccccc3n2c1=O)/C=C/c1c(O)n2c(nc3ccccc32)[nH]c1=O. The summed E-state index contributed by atoms with van der Waals surface area (Å²) in [4.78, 5) is 57.1. The van der Waals surface area contributed by atoms with Crippen LogP contribution in [-0.2, 0) is 0 Å². The van der Waals surface area contributed by atoms with Crippen molar-refractivity contribution < 1.29 is 5.11 Å². The molecule has 0 aliphatic carbocycles. The van der Waals surface area contributed by atoms with E-state index in [4.69, 9.17) is 0 Å². The lowest BCUT2D eigenvalue weighted by atomic mass is 10.0. The number of nitrogens with zero attached hydrogens (tertiary/aromatic N) is 5. The zero-order chi connectivity index (χ0) is 29.4. The Labute approximate surface area is 236 Å². The second-order valence-corrected chi connectivity index (χ2v) is 9.25. The Morgan fingerprint density at radius 3 is 2.17 bits per heavy atom. The van der Waals surface area contributed by atoms with Crippen LogP contribution in [0.5, 0.6) is 5.88 Å². The Bertz CT molecular complexity index is 2420. The number of hydrogen-bond donors (Lipinski definition) is 3. The zero-order valence-electron chi connectivity index (χ0n) is 22.3. The van der Waals surface area contributed by atoms with E-state index >= 15 is 0 Å². The number of aromatic amines is 2. The molecule has 4 heterocycles. The van der Waals surface area contributed by atoms with Gasteiger partial charge in [0.05, 0.1) is 22.1 Å². The minimum Gasteiger partial charge on any atom is -0.494 e. The molecule has 11 nitrogen and oxygen atoms in total. The standard InChI is InChI=1S/C31H23N7O4/c1-3-18(16-17-32-2)19(12-14-20-26(39)35-30-33-22-8-4-6-10-24(22)37(30)28(20)41)13-15-21-27(40)36-31-34-23-9-5-7-11-25(23)38(31)29(21)42/h3-17,41H,2H2,1H3,(H,33,35,39)(H,34,36,40)/b14-12+,17-16-,18-3+,19-13-,21-15+. The Balaban J connectivity index is 1.54. The van der Waals surface area contributed by atoms with Gasteiger partial charge in [-0.3, -0.25) is 29.3 Å². The summed E-state index contributed by atoms with van der Waals surface area (Å²) in [6.07, 6.45) is 11.0. The second kappa shape index (κ2) is 10.5. The first-order chi connectivity index (χ1) is 20.4. The summed E-state index contributed by atoms with van der Waals surface area (Å²) in [6.45, 7) is 5.26. The van der Waals surface area contributed by atoms with Crippen molar-refractivity contribution in [2.45, 2.75) is 6.92 Å². The highest BCUT2D eigenvalue weighted by Crippen LogP contribution is 2.24. The molecule has 0 radical (unpaired) electrons. The summed E-state index contributed by atoms with van der Waals surface area (Å²) in [5.74, 6) is 0.0699. The van der Waals surface area contributed by atoms with Gasteiger partial charge in [-0.25, -0.2) is 18.8 Å². The zero-order valence-corrected chi connectivity index (χ0v) is 22.3. The van der Waals surface area contributed by atoms with Crippen LogP contribution in [0, 0.1) is 0 Å². The number of H-pyrrole nitrogens is 2. The van der Waals surface area contributed by atoms with E-state index in [2.05, 4.69) is 31.6 Å². The third-order valence-electron chi connectivity index (χ3n) is 6.81. The highest BCUT2D eigenvalue weighted by Gasteiger charge is 2.14. The van der Waals surface area contributed by atoms with Gasteiger partial charge >= 0.3 is 0 Å². The Hall–Kier alpha value is -6.10. The van der Waals surface area contributed by atoms with E-state index in [1.807, 2.05) is 6.07 Å². The predicted molar refractivity (Wildman–Crippen MR) is 164 cm³/mol. The molecule has 206 valence electrons.